The summed E-state index contributed by atoms with van der Waals surface area (Å²) in [4.78, 5) is 4.18. The molecule has 0 unspecified atom stereocenters. The maximum atomic E-state index is 7.02. The largest absolute Gasteiger partial charge is 0.398 e. The first-order valence-electron chi connectivity index (χ1n) is 3.91. The van der Waals surface area contributed by atoms with Gasteiger partial charge in [0.15, 0.2) is 0 Å². The van der Waals surface area contributed by atoms with Crippen molar-refractivity contribution < 1.29 is 1.43 Å². The number of nitrogens with two attached hydrogens (primary N) is 1. The topological polar surface area (TPSA) is 62.8 Å². The van der Waals surface area contributed by atoms with Crippen molar-refractivity contribution in [2.45, 2.75) is 19.8 Å². The number of pyridine rings is 1. The van der Waals surface area contributed by atoms with Gasteiger partial charge in [0.05, 0.1) is 0 Å². The molecular weight excluding hydrogens is 150 g/mol. The highest BCUT2D eigenvalue weighted by atomic mass is 14.7. The van der Waals surface area contributed by atoms with E-state index in [4.69, 9.17) is 11.1 Å². The zero-order valence-corrected chi connectivity index (χ0v) is 7.33. The molecule has 3 heteroatoms. The summed E-state index contributed by atoms with van der Waals surface area (Å²) in [5.74, 6) is 0.382. The van der Waals surface area contributed by atoms with Crippen LogP contribution >= 0.6 is 0 Å². The SMILES string of the molecule is CC(C)c1cc(N)c(C=N)cn1.[HH]. The second-order valence-electron chi connectivity index (χ2n) is 3.04. The van der Waals surface area contributed by atoms with Crippen LogP contribution in [0.2, 0.25) is 0 Å². The summed E-state index contributed by atoms with van der Waals surface area (Å²) in [6.45, 7) is 4.12. The van der Waals surface area contributed by atoms with Crippen molar-refractivity contribution in [3.05, 3.63) is 23.5 Å². The standard InChI is InChI=1S/C9H13N3.H2/c1-6(2)9-3-8(11)7(4-10)5-12-9;/h3-6,10H,1-2H3,(H2,11,12);1H. The highest BCUT2D eigenvalue weighted by molar-refractivity contribution is 5.84. The maximum absolute atomic E-state index is 7.02. The van der Waals surface area contributed by atoms with Crippen LogP contribution in [0.15, 0.2) is 12.3 Å². The van der Waals surface area contributed by atoms with Crippen molar-refractivity contribution in [3.63, 3.8) is 0 Å². The third-order valence-electron chi connectivity index (χ3n) is 1.74. The molecule has 3 nitrogen and oxygen atoms in total. The molecule has 0 aliphatic carbocycles. The lowest BCUT2D eigenvalue weighted by Crippen LogP contribution is -1.99. The Kier molecular flexibility index (Phi) is 2.43. The van der Waals surface area contributed by atoms with E-state index in [2.05, 4.69) is 18.8 Å². The minimum Gasteiger partial charge on any atom is -0.398 e. The lowest BCUT2D eigenvalue weighted by molar-refractivity contribution is 0.823. The highest BCUT2D eigenvalue weighted by Gasteiger charge is 2.02. The second-order valence-corrected chi connectivity index (χ2v) is 3.04. The molecule has 66 valence electrons. The number of hydrogen-bond acceptors (Lipinski definition) is 3. The number of nitrogens with zero attached hydrogens (tertiary/aromatic N) is 1. The summed E-state index contributed by atoms with van der Waals surface area (Å²) >= 11 is 0. The van der Waals surface area contributed by atoms with Crippen molar-refractivity contribution in [1.82, 2.24) is 4.98 Å². The fourth-order valence-corrected chi connectivity index (χ4v) is 0.935. The highest BCUT2D eigenvalue weighted by Crippen LogP contribution is 2.16. The van der Waals surface area contributed by atoms with Gasteiger partial charge in [-0.15, -0.1) is 0 Å². The molecule has 1 aromatic heterocycles. The zero-order valence-electron chi connectivity index (χ0n) is 7.33. The first kappa shape index (κ1) is 8.71. The Labute approximate surface area is 73.6 Å². The average molecular weight is 165 g/mol. The molecule has 0 radical (unpaired) electrons. The smallest absolute Gasteiger partial charge is 0.0449 e. The summed E-state index contributed by atoms with van der Waals surface area (Å²) in [7, 11) is 0. The van der Waals surface area contributed by atoms with Crippen LogP contribution in [-0.2, 0) is 0 Å². The molecule has 0 amide bonds. The Morgan fingerprint density at radius 2 is 2.33 bits per heavy atom. The monoisotopic (exact) mass is 165 g/mol. The van der Waals surface area contributed by atoms with Crippen LogP contribution in [0.25, 0.3) is 0 Å². The van der Waals surface area contributed by atoms with Crippen LogP contribution in [-0.4, -0.2) is 11.2 Å². The van der Waals surface area contributed by atoms with Gasteiger partial charge >= 0.3 is 0 Å². The van der Waals surface area contributed by atoms with Crippen LogP contribution in [0.4, 0.5) is 5.69 Å². The molecule has 0 atom stereocenters. The molecule has 1 aromatic rings. The molecule has 0 aliphatic rings. The van der Waals surface area contributed by atoms with Crippen LogP contribution in [0.5, 0.6) is 0 Å². The van der Waals surface area contributed by atoms with E-state index in [1.54, 1.807) is 6.20 Å². The summed E-state index contributed by atoms with van der Waals surface area (Å²) < 4.78 is 0. The summed E-state index contributed by atoms with van der Waals surface area (Å²) in [6, 6.07) is 1.82. The summed E-state index contributed by atoms with van der Waals surface area (Å²) in [6.07, 6.45) is 2.85. The molecule has 1 heterocycles. The Hall–Kier alpha value is -1.38. The third kappa shape index (κ3) is 1.61. The van der Waals surface area contributed by atoms with Crippen LogP contribution < -0.4 is 5.73 Å². The number of hydrogen-bond donors (Lipinski definition) is 2. The molecule has 12 heavy (non-hydrogen) atoms. The van der Waals surface area contributed by atoms with Crippen molar-refractivity contribution in [3.8, 4) is 0 Å². The number of nitrogen functional groups attached to an aromatic ring is 1. The molecule has 1 rings (SSSR count). The van der Waals surface area contributed by atoms with E-state index in [0.29, 0.717) is 17.2 Å². The number of rotatable bonds is 2. The number of nitrogens with one attached hydrogen (secondary N) is 1. The Morgan fingerprint density at radius 3 is 2.75 bits per heavy atom. The van der Waals surface area contributed by atoms with Crippen LogP contribution in [0, 0.1) is 5.41 Å². The van der Waals surface area contributed by atoms with E-state index in [1.165, 1.54) is 6.21 Å². The van der Waals surface area contributed by atoms with Crippen molar-refractivity contribution in [2.24, 2.45) is 0 Å². The van der Waals surface area contributed by atoms with Gasteiger partial charge in [-0.05, 0) is 12.0 Å². The van der Waals surface area contributed by atoms with Gasteiger partial charge < -0.3 is 11.1 Å². The van der Waals surface area contributed by atoms with Crippen molar-refractivity contribution in [2.75, 3.05) is 5.73 Å². The molecule has 0 saturated carbocycles. The van der Waals surface area contributed by atoms with Gasteiger partial charge in [0, 0.05) is 30.8 Å². The number of anilines is 1. The third-order valence-corrected chi connectivity index (χ3v) is 1.74. The van der Waals surface area contributed by atoms with Gasteiger partial charge in [0.25, 0.3) is 0 Å². The predicted octanol–water partition coefficient (Wildman–Crippen LogP) is 2.03. The van der Waals surface area contributed by atoms with E-state index in [-0.39, 0.29) is 1.43 Å². The minimum absolute atomic E-state index is 0. The molecule has 0 spiro atoms. The van der Waals surface area contributed by atoms with E-state index in [0.717, 1.165) is 5.69 Å². The Morgan fingerprint density at radius 1 is 1.67 bits per heavy atom. The normalized spacial score (nSPS) is 10.2. The zero-order chi connectivity index (χ0) is 9.14. The van der Waals surface area contributed by atoms with Gasteiger partial charge in [-0.3, -0.25) is 4.98 Å². The molecular formula is C9H15N3. The molecule has 0 fully saturated rings. The van der Waals surface area contributed by atoms with Gasteiger partial charge in [-0.1, -0.05) is 13.8 Å². The Balaban J connectivity index is 0.00000144. The molecule has 0 bridgehead atoms. The quantitative estimate of drug-likeness (QED) is 0.658. The molecule has 0 saturated heterocycles. The van der Waals surface area contributed by atoms with Gasteiger partial charge in [0.2, 0.25) is 0 Å². The van der Waals surface area contributed by atoms with Crippen LogP contribution in [0.1, 0.15) is 32.4 Å². The van der Waals surface area contributed by atoms with E-state index >= 15 is 0 Å². The molecule has 0 aromatic carbocycles. The van der Waals surface area contributed by atoms with Gasteiger partial charge in [-0.2, -0.15) is 0 Å². The van der Waals surface area contributed by atoms with Gasteiger partial charge in [-0.25, -0.2) is 0 Å². The van der Waals surface area contributed by atoms with E-state index in [1.807, 2.05) is 6.07 Å². The minimum atomic E-state index is 0. The molecule has 3 N–H and O–H groups in total. The summed E-state index contributed by atoms with van der Waals surface area (Å²) in [5.41, 5.74) is 7.96. The fraction of sp³-hybridized carbons (Fsp3) is 0.333. The first-order valence-corrected chi connectivity index (χ1v) is 3.91. The van der Waals surface area contributed by atoms with Gasteiger partial charge in [0.1, 0.15) is 0 Å². The fourth-order valence-electron chi connectivity index (χ4n) is 0.935. The Bertz CT molecular complexity index is 297. The van der Waals surface area contributed by atoms with Crippen molar-refractivity contribution >= 4 is 11.9 Å². The second kappa shape index (κ2) is 3.34. The van der Waals surface area contributed by atoms with Crippen LogP contribution in [0.3, 0.4) is 0 Å². The van der Waals surface area contributed by atoms with Crippen molar-refractivity contribution in [1.29, 1.82) is 5.41 Å². The molecule has 0 aliphatic heterocycles. The first-order chi connectivity index (χ1) is 5.65. The maximum Gasteiger partial charge on any atom is 0.0449 e. The number of aromatic nitrogens is 1. The van der Waals surface area contributed by atoms with E-state index < -0.39 is 0 Å². The summed E-state index contributed by atoms with van der Waals surface area (Å²) in [5, 5.41) is 7.02. The lowest BCUT2D eigenvalue weighted by atomic mass is 10.1. The van der Waals surface area contributed by atoms with E-state index in [9.17, 15) is 0 Å². The average Bonchev–Trinajstić information content (AvgIpc) is 2.04. The predicted molar refractivity (Wildman–Crippen MR) is 52.7 cm³/mol. The lowest BCUT2D eigenvalue weighted by Gasteiger charge is -2.06.